The third kappa shape index (κ3) is 2.48. The molecule has 1 aromatic heterocycles. The van der Waals surface area contributed by atoms with Gasteiger partial charge in [0.25, 0.3) is 0 Å². The van der Waals surface area contributed by atoms with E-state index >= 15 is 0 Å². The van der Waals surface area contributed by atoms with E-state index in [4.69, 9.17) is 5.73 Å². The Bertz CT molecular complexity index is 319. The Morgan fingerprint density at radius 2 is 2.00 bits per heavy atom. The van der Waals surface area contributed by atoms with E-state index in [9.17, 15) is 0 Å². The van der Waals surface area contributed by atoms with Gasteiger partial charge in [-0.05, 0) is 31.0 Å². The Hall–Kier alpha value is -1.09. The molecule has 1 aromatic rings. The summed E-state index contributed by atoms with van der Waals surface area (Å²) in [7, 11) is 1.96. The van der Waals surface area contributed by atoms with Crippen LogP contribution in [0.3, 0.4) is 0 Å². The van der Waals surface area contributed by atoms with Crippen LogP contribution in [-0.2, 0) is 0 Å². The number of aryl methyl sites for hydroxylation is 1. The van der Waals surface area contributed by atoms with Crippen molar-refractivity contribution in [2.75, 3.05) is 12.8 Å². The van der Waals surface area contributed by atoms with Crippen LogP contribution in [0.4, 0.5) is 5.82 Å². The zero-order chi connectivity index (χ0) is 11.6. The van der Waals surface area contributed by atoms with Crippen LogP contribution in [-0.4, -0.2) is 12.0 Å². The lowest BCUT2D eigenvalue weighted by Crippen LogP contribution is -2.31. The lowest BCUT2D eigenvalue weighted by molar-refractivity contribution is 0.286. The van der Waals surface area contributed by atoms with Crippen molar-refractivity contribution in [2.45, 2.75) is 33.7 Å². The zero-order valence-corrected chi connectivity index (χ0v) is 10.3. The summed E-state index contributed by atoms with van der Waals surface area (Å²) >= 11 is 0. The number of hydrogen-bond donors (Lipinski definition) is 2. The summed E-state index contributed by atoms with van der Waals surface area (Å²) in [4.78, 5) is 4.16. The van der Waals surface area contributed by atoms with Gasteiger partial charge in [0.05, 0.1) is 0 Å². The number of anilines is 1. The summed E-state index contributed by atoms with van der Waals surface area (Å²) in [6, 6.07) is 2.23. The number of pyridine rings is 1. The topological polar surface area (TPSA) is 50.9 Å². The van der Waals surface area contributed by atoms with Crippen LogP contribution in [0, 0.1) is 12.3 Å². The van der Waals surface area contributed by atoms with Gasteiger partial charge in [0.1, 0.15) is 5.82 Å². The molecule has 0 aliphatic rings. The van der Waals surface area contributed by atoms with Crippen molar-refractivity contribution in [2.24, 2.45) is 5.41 Å². The second-order valence-electron chi connectivity index (χ2n) is 5.01. The Kier molecular flexibility index (Phi) is 3.35. The van der Waals surface area contributed by atoms with Gasteiger partial charge < -0.3 is 11.1 Å². The zero-order valence-electron chi connectivity index (χ0n) is 10.3. The average molecular weight is 207 g/mol. The van der Waals surface area contributed by atoms with Crippen molar-refractivity contribution < 1.29 is 0 Å². The Balaban J connectivity index is 3.24. The van der Waals surface area contributed by atoms with Gasteiger partial charge in [0, 0.05) is 17.8 Å². The molecule has 0 fully saturated rings. The molecule has 1 unspecified atom stereocenters. The first kappa shape index (κ1) is 12.0. The maximum Gasteiger partial charge on any atom is 0.128 e. The van der Waals surface area contributed by atoms with Gasteiger partial charge in [-0.25, -0.2) is 4.98 Å². The second kappa shape index (κ2) is 4.19. The van der Waals surface area contributed by atoms with E-state index in [-0.39, 0.29) is 11.5 Å². The van der Waals surface area contributed by atoms with E-state index in [1.54, 1.807) is 6.20 Å². The van der Waals surface area contributed by atoms with Crippen molar-refractivity contribution >= 4 is 5.82 Å². The Morgan fingerprint density at radius 1 is 1.40 bits per heavy atom. The molecule has 0 spiro atoms. The van der Waals surface area contributed by atoms with Crippen molar-refractivity contribution in [3.63, 3.8) is 0 Å². The SMILES string of the molecule is CNC(c1c(C)ccnc1N)C(C)(C)C. The second-order valence-corrected chi connectivity index (χ2v) is 5.01. The van der Waals surface area contributed by atoms with Gasteiger partial charge in [-0.3, -0.25) is 0 Å². The predicted octanol–water partition coefficient (Wildman–Crippen LogP) is 2.28. The van der Waals surface area contributed by atoms with Gasteiger partial charge in [-0.1, -0.05) is 20.8 Å². The van der Waals surface area contributed by atoms with Crippen LogP contribution in [0.5, 0.6) is 0 Å². The molecule has 3 heteroatoms. The van der Waals surface area contributed by atoms with E-state index in [1.807, 2.05) is 13.1 Å². The van der Waals surface area contributed by atoms with Crippen LogP contribution in [0.1, 0.15) is 37.9 Å². The molecule has 0 amide bonds. The minimum Gasteiger partial charge on any atom is -0.383 e. The normalized spacial score (nSPS) is 13.9. The summed E-state index contributed by atoms with van der Waals surface area (Å²) < 4.78 is 0. The van der Waals surface area contributed by atoms with Crippen molar-refractivity contribution in [1.29, 1.82) is 0 Å². The highest BCUT2D eigenvalue weighted by atomic mass is 14.9. The molecule has 3 nitrogen and oxygen atoms in total. The van der Waals surface area contributed by atoms with E-state index < -0.39 is 0 Å². The molecule has 0 radical (unpaired) electrons. The van der Waals surface area contributed by atoms with Crippen molar-refractivity contribution in [1.82, 2.24) is 10.3 Å². The van der Waals surface area contributed by atoms with Gasteiger partial charge in [-0.15, -0.1) is 0 Å². The highest BCUT2D eigenvalue weighted by molar-refractivity contribution is 5.46. The molecular formula is C12H21N3. The Morgan fingerprint density at radius 3 is 2.40 bits per heavy atom. The summed E-state index contributed by atoms with van der Waals surface area (Å²) in [5, 5.41) is 3.32. The predicted molar refractivity (Wildman–Crippen MR) is 64.6 cm³/mol. The summed E-state index contributed by atoms with van der Waals surface area (Å²) in [5.74, 6) is 0.629. The molecule has 3 N–H and O–H groups in total. The molecule has 0 aliphatic carbocycles. The summed E-state index contributed by atoms with van der Waals surface area (Å²) in [6.07, 6.45) is 1.75. The van der Waals surface area contributed by atoms with E-state index in [0.717, 1.165) is 5.56 Å². The smallest absolute Gasteiger partial charge is 0.128 e. The summed E-state index contributed by atoms with van der Waals surface area (Å²) in [6.45, 7) is 8.66. The van der Waals surface area contributed by atoms with Crippen molar-refractivity contribution in [3.8, 4) is 0 Å². The number of rotatable bonds is 2. The number of nitrogens with two attached hydrogens (primary N) is 1. The van der Waals surface area contributed by atoms with Crippen LogP contribution in [0.25, 0.3) is 0 Å². The fourth-order valence-electron chi connectivity index (χ4n) is 1.98. The van der Waals surface area contributed by atoms with E-state index in [0.29, 0.717) is 5.82 Å². The van der Waals surface area contributed by atoms with Gasteiger partial charge in [-0.2, -0.15) is 0 Å². The monoisotopic (exact) mass is 207 g/mol. The molecular weight excluding hydrogens is 186 g/mol. The van der Waals surface area contributed by atoms with Gasteiger partial charge in [0.15, 0.2) is 0 Å². The third-order valence-electron chi connectivity index (χ3n) is 2.68. The van der Waals surface area contributed by atoms with Crippen LogP contribution in [0.2, 0.25) is 0 Å². The number of nitrogens with one attached hydrogen (secondary N) is 1. The van der Waals surface area contributed by atoms with Crippen LogP contribution >= 0.6 is 0 Å². The molecule has 0 aromatic carbocycles. The first-order chi connectivity index (χ1) is 6.88. The first-order valence-electron chi connectivity index (χ1n) is 5.26. The Labute approximate surface area is 92.1 Å². The highest BCUT2D eigenvalue weighted by Gasteiger charge is 2.27. The number of hydrogen-bond acceptors (Lipinski definition) is 3. The maximum atomic E-state index is 5.94. The third-order valence-corrected chi connectivity index (χ3v) is 2.68. The number of nitrogens with zero attached hydrogens (tertiary/aromatic N) is 1. The molecule has 1 heterocycles. The number of aromatic nitrogens is 1. The van der Waals surface area contributed by atoms with E-state index in [2.05, 4.69) is 38.0 Å². The molecule has 1 atom stereocenters. The highest BCUT2D eigenvalue weighted by Crippen LogP contribution is 2.36. The first-order valence-corrected chi connectivity index (χ1v) is 5.26. The molecule has 0 saturated heterocycles. The fourth-order valence-corrected chi connectivity index (χ4v) is 1.98. The maximum absolute atomic E-state index is 5.94. The molecule has 0 saturated carbocycles. The van der Waals surface area contributed by atoms with Crippen LogP contribution < -0.4 is 11.1 Å². The largest absolute Gasteiger partial charge is 0.383 e. The molecule has 15 heavy (non-hydrogen) atoms. The lowest BCUT2D eigenvalue weighted by atomic mass is 9.81. The fraction of sp³-hybridized carbons (Fsp3) is 0.583. The van der Waals surface area contributed by atoms with Gasteiger partial charge >= 0.3 is 0 Å². The minimum atomic E-state index is 0.122. The summed E-state index contributed by atoms with van der Waals surface area (Å²) in [5.41, 5.74) is 8.37. The van der Waals surface area contributed by atoms with Crippen LogP contribution in [0.15, 0.2) is 12.3 Å². The molecule has 84 valence electrons. The quantitative estimate of drug-likeness (QED) is 0.782. The number of nitrogen functional groups attached to an aromatic ring is 1. The van der Waals surface area contributed by atoms with Crippen molar-refractivity contribution in [3.05, 3.63) is 23.4 Å². The minimum absolute atomic E-state index is 0.122. The molecule has 0 aliphatic heterocycles. The van der Waals surface area contributed by atoms with E-state index in [1.165, 1.54) is 5.56 Å². The van der Waals surface area contributed by atoms with Gasteiger partial charge in [0.2, 0.25) is 0 Å². The lowest BCUT2D eigenvalue weighted by Gasteiger charge is -2.32. The standard InChI is InChI=1S/C12H21N3/c1-8-6-7-15-11(13)9(8)10(14-5)12(2,3)4/h6-7,10,14H,1-5H3,(H2,13,15). The average Bonchev–Trinajstić information content (AvgIpc) is 2.09. The molecule has 1 rings (SSSR count). The molecule has 0 bridgehead atoms.